The highest BCUT2D eigenvalue weighted by molar-refractivity contribution is 7.89. The molecule has 0 saturated heterocycles. The number of sulfonamides is 1. The summed E-state index contributed by atoms with van der Waals surface area (Å²) in [5, 5.41) is 9.16. The monoisotopic (exact) mass is 253 g/mol. The smallest absolute Gasteiger partial charge is 0.243 e. The molecule has 0 unspecified atom stereocenters. The summed E-state index contributed by atoms with van der Waals surface area (Å²) in [6.45, 7) is 2.89. The normalized spacial score (nSPS) is 17.8. The van der Waals surface area contributed by atoms with Crippen molar-refractivity contribution < 1.29 is 13.5 Å². The van der Waals surface area contributed by atoms with Crippen LogP contribution in [0.1, 0.15) is 13.3 Å². The average molecular weight is 253 g/mol. The summed E-state index contributed by atoms with van der Waals surface area (Å²) in [5.41, 5.74) is 1.07. The molecule has 92 valence electrons. The molecule has 4 nitrogen and oxygen atoms in total. The Morgan fingerprint density at radius 1 is 1.24 bits per heavy atom. The molecule has 0 radical (unpaired) electrons. The van der Waals surface area contributed by atoms with Gasteiger partial charge in [-0.05, 0) is 37.6 Å². The summed E-state index contributed by atoms with van der Waals surface area (Å²) >= 11 is 0. The Labute approximate surface area is 101 Å². The first kappa shape index (κ1) is 12.1. The van der Waals surface area contributed by atoms with Gasteiger partial charge in [-0.15, -0.1) is 0 Å². The summed E-state index contributed by atoms with van der Waals surface area (Å²) in [6.07, 6.45) is 2.81. The summed E-state index contributed by atoms with van der Waals surface area (Å²) < 4.78 is 26.0. The average Bonchev–Trinajstić information content (AvgIpc) is 2.29. The summed E-state index contributed by atoms with van der Waals surface area (Å²) in [7, 11) is -3.43. The van der Waals surface area contributed by atoms with Crippen LogP contribution in [-0.4, -0.2) is 30.9 Å². The van der Waals surface area contributed by atoms with E-state index in [9.17, 15) is 8.42 Å². The summed E-state index contributed by atoms with van der Waals surface area (Å²) in [4.78, 5) is 0.227. The van der Waals surface area contributed by atoms with Gasteiger partial charge in [0.25, 0.3) is 0 Å². The first-order valence-electron chi connectivity index (χ1n) is 5.45. The van der Waals surface area contributed by atoms with Gasteiger partial charge in [0, 0.05) is 13.1 Å². The molecule has 0 aromatic heterocycles. The maximum atomic E-state index is 12.3. The van der Waals surface area contributed by atoms with Gasteiger partial charge in [0.15, 0.2) is 0 Å². The highest BCUT2D eigenvalue weighted by atomic mass is 32.2. The Bertz CT molecular complexity index is 531. The minimum Gasteiger partial charge on any atom is -0.508 e. The maximum Gasteiger partial charge on any atom is 0.243 e. The van der Waals surface area contributed by atoms with Gasteiger partial charge in [-0.25, -0.2) is 8.42 Å². The van der Waals surface area contributed by atoms with E-state index in [-0.39, 0.29) is 10.6 Å². The lowest BCUT2D eigenvalue weighted by molar-refractivity contribution is 0.427. The lowest BCUT2D eigenvalue weighted by Crippen LogP contribution is -2.35. The van der Waals surface area contributed by atoms with Gasteiger partial charge in [0.05, 0.1) is 4.90 Å². The molecule has 0 aliphatic carbocycles. The number of phenolic OH excluding ortho intramolecular Hbond substituents is 1. The van der Waals surface area contributed by atoms with E-state index in [1.165, 1.54) is 28.6 Å². The van der Waals surface area contributed by atoms with E-state index in [1.54, 1.807) is 0 Å². The van der Waals surface area contributed by atoms with Crippen molar-refractivity contribution in [3.63, 3.8) is 0 Å². The standard InChI is InChI=1S/C12H15NO3S/c1-10-3-2-8-13(9-10)17(15,16)12-6-4-11(14)5-7-12/h3-7,14H,2,8-9H2,1H3. The molecule has 0 atom stereocenters. The van der Waals surface area contributed by atoms with Crippen molar-refractivity contribution in [2.24, 2.45) is 0 Å². The van der Waals surface area contributed by atoms with Gasteiger partial charge in [-0.1, -0.05) is 11.6 Å². The topological polar surface area (TPSA) is 57.6 Å². The molecule has 1 aromatic carbocycles. The minimum absolute atomic E-state index is 0.0682. The molecule has 0 spiro atoms. The molecule has 5 heteroatoms. The summed E-state index contributed by atoms with van der Waals surface area (Å²) in [6, 6.07) is 5.63. The quantitative estimate of drug-likeness (QED) is 0.817. The molecule has 1 heterocycles. The molecule has 17 heavy (non-hydrogen) atoms. The van der Waals surface area contributed by atoms with Crippen molar-refractivity contribution in [2.45, 2.75) is 18.2 Å². The molecule has 0 saturated carbocycles. The van der Waals surface area contributed by atoms with Crippen molar-refractivity contribution in [1.29, 1.82) is 0 Å². The van der Waals surface area contributed by atoms with Crippen LogP contribution < -0.4 is 0 Å². The van der Waals surface area contributed by atoms with Gasteiger partial charge < -0.3 is 5.11 Å². The number of hydrogen-bond donors (Lipinski definition) is 1. The molecule has 1 aromatic rings. The predicted octanol–water partition coefficient (Wildman–Crippen LogP) is 1.73. The van der Waals surface area contributed by atoms with Crippen LogP contribution in [-0.2, 0) is 10.0 Å². The van der Waals surface area contributed by atoms with Gasteiger partial charge in [0.2, 0.25) is 10.0 Å². The highest BCUT2D eigenvalue weighted by Crippen LogP contribution is 2.21. The predicted molar refractivity (Wildman–Crippen MR) is 65.2 cm³/mol. The third-order valence-corrected chi connectivity index (χ3v) is 4.63. The number of benzene rings is 1. The molecule has 1 N–H and O–H groups in total. The number of phenols is 1. The second kappa shape index (κ2) is 4.50. The van der Waals surface area contributed by atoms with Crippen LogP contribution in [0.3, 0.4) is 0 Å². The van der Waals surface area contributed by atoms with Crippen LogP contribution >= 0.6 is 0 Å². The van der Waals surface area contributed by atoms with E-state index in [1.807, 2.05) is 6.92 Å². The molecule has 0 amide bonds. The Morgan fingerprint density at radius 3 is 2.47 bits per heavy atom. The number of aromatic hydroxyl groups is 1. The van der Waals surface area contributed by atoms with E-state index in [4.69, 9.17) is 5.11 Å². The maximum absolute atomic E-state index is 12.3. The van der Waals surface area contributed by atoms with Crippen molar-refractivity contribution >= 4 is 10.0 Å². The van der Waals surface area contributed by atoms with Gasteiger partial charge >= 0.3 is 0 Å². The molecule has 0 fully saturated rings. The molecular formula is C12H15NO3S. The molecule has 1 aliphatic heterocycles. The van der Waals surface area contributed by atoms with Gasteiger partial charge in [0.1, 0.15) is 5.75 Å². The van der Waals surface area contributed by atoms with Crippen molar-refractivity contribution in [3.8, 4) is 5.75 Å². The highest BCUT2D eigenvalue weighted by Gasteiger charge is 2.25. The van der Waals surface area contributed by atoms with E-state index in [0.717, 1.165) is 12.0 Å². The molecule has 2 rings (SSSR count). The van der Waals surface area contributed by atoms with Crippen LogP contribution in [0.4, 0.5) is 0 Å². The largest absolute Gasteiger partial charge is 0.508 e. The SMILES string of the molecule is CC1=CCCN(S(=O)(=O)c2ccc(O)cc2)C1. The lowest BCUT2D eigenvalue weighted by atomic mass is 10.2. The number of hydrogen-bond acceptors (Lipinski definition) is 3. The van der Waals surface area contributed by atoms with E-state index in [2.05, 4.69) is 6.08 Å². The van der Waals surface area contributed by atoms with Crippen LogP contribution in [0, 0.1) is 0 Å². The van der Waals surface area contributed by atoms with Crippen LogP contribution in [0.2, 0.25) is 0 Å². The molecule has 1 aliphatic rings. The fourth-order valence-electron chi connectivity index (χ4n) is 1.85. The van der Waals surface area contributed by atoms with Crippen LogP contribution in [0.15, 0.2) is 40.8 Å². The zero-order valence-corrected chi connectivity index (χ0v) is 10.4. The van der Waals surface area contributed by atoms with Crippen molar-refractivity contribution in [1.82, 2.24) is 4.31 Å². The second-order valence-electron chi connectivity index (χ2n) is 4.17. The Morgan fingerprint density at radius 2 is 1.88 bits per heavy atom. The summed E-state index contributed by atoms with van der Waals surface area (Å²) in [5.74, 6) is 0.0682. The fraction of sp³-hybridized carbons (Fsp3) is 0.333. The first-order valence-corrected chi connectivity index (χ1v) is 6.89. The Hall–Kier alpha value is -1.33. The number of nitrogens with zero attached hydrogens (tertiary/aromatic N) is 1. The third kappa shape index (κ3) is 2.50. The molecule has 0 bridgehead atoms. The minimum atomic E-state index is -3.43. The molecular weight excluding hydrogens is 238 g/mol. The van der Waals surface area contributed by atoms with Crippen molar-refractivity contribution in [3.05, 3.63) is 35.9 Å². The van der Waals surface area contributed by atoms with Crippen LogP contribution in [0.25, 0.3) is 0 Å². The lowest BCUT2D eigenvalue weighted by Gasteiger charge is -2.25. The zero-order valence-electron chi connectivity index (χ0n) is 9.63. The van der Waals surface area contributed by atoms with E-state index < -0.39 is 10.0 Å². The fourth-order valence-corrected chi connectivity index (χ4v) is 3.35. The Kier molecular flexibility index (Phi) is 3.22. The zero-order chi connectivity index (χ0) is 12.5. The Balaban J connectivity index is 2.30. The van der Waals surface area contributed by atoms with Gasteiger partial charge in [-0.2, -0.15) is 4.31 Å². The second-order valence-corrected chi connectivity index (χ2v) is 6.11. The van der Waals surface area contributed by atoms with E-state index in [0.29, 0.717) is 13.1 Å². The van der Waals surface area contributed by atoms with Crippen LogP contribution in [0.5, 0.6) is 5.75 Å². The third-order valence-electron chi connectivity index (χ3n) is 2.77. The van der Waals surface area contributed by atoms with E-state index >= 15 is 0 Å². The first-order chi connectivity index (χ1) is 8.00. The number of rotatable bonds is 2. The van der Waals surface area contributed by atoms with Crippen molar-refractivity contribution in [2.75, 3.05) is 13.1 Å². The van der Waals surface area contributed by atoms with Gasteiger partial charge in [-0.3, -0.25) is 0 Å².